The van der Waals surface area contributed by atoms with Gasteiger partial charge in [-0.05, 0) is 48.9 Å². The molecule has 19 heavy (non-hydrogen) atoms. The molecule has 0 bridgehead atoms. The van der Waals surface area contributed by atoms with Crippen LogP contribution >= 0.6 is 11.6 Å². The number of methoxy groups -OCH3 is 1. The molecule has 1 aromatic carbocycles. The van der Waals surface area contributed by atoms with Crippen molar-refractivity contribution in [3.8, 4) is 5.75 Å². The third-order valence-electron chi connectivity index (χ3n) is 3.77. The normalized spacial score (nSPS) is 19.7. The van der Waals surface area contributed by atoms with Gasteiger partial charge in [0.25, 0.3) is 0 Å². The summed E-state index contributed by atoms with van der Waals surface area (Å²) in [5, 5.41) is 4.34. The number of ether oxygens (including phenoxy) is 1. The van der Waals surface area contributed by atoms with Crippen molar-refractivity contribution in [2.24, 2.45) is 0 Å². The molecule has 0 spiro atoms. The van der Waals surface area contributed by atoms with Crippen molar-refractivity contribution in [1.82, 2.24) is 5.32 Å². The Kier molecular flexibility index (Phi) is 4.42. The predicted octanol–water partition coefficient (Wildman–Crippen LogP) is 3.94. The minimum Gasteiger partial charge on any atom is -0.496 e. The van der Waals surface area contributed by atoms with E-state index in [1.54, 1.807) is 7.11 Å². The lowest BCUT2D eigenvalue weighted by Gasteiger charge is -2.25. The number of rotatable bonds is 3. The summed E-state index contributed by atoms with van der Waals surface area (Å²) < 4.78 is 5.68. The average molecular weight is 282 g/mol. The molecular weight excluding hydrogens is 258 g/mol. The first-order chi connectivity index (χ1) is 8.91. The van der Waals surface area contributed by atoms with E-state index >= 15 is 0 Å². The fourth-order valence-corrected chi connectivity index (χ4v) is 3.04. The van der Waals surface area contributed by atoms with Gasteiger partial charge in [0.2, 0.25) is 0 Å². The van der Waals surface area contributed by atoms with Gasteiger partial charge in [-0.1, -0.05) is 32.4 Å². The van der Waals surface area contributed by atoms with E-state index in [1.807, 2.05) is 6.07 Å². The Labute approximate surface area is 121 Å². The average Bonchev–Trinajstić information content (AvgIpc) is 2.80. The molecule has 0 aliphatic carbocycles. The smallest absolute Gasteiger partial charge is 0.125 e. The molecule has 2 rings (SSSR count). The van der Waals surface area contributed by atoms with Crippen molar-refractivity contribution in [2.45, 2.75) is 51.5 Å². The van der Waals surface area contributed by atoms with E-state index in [9.17, 15) is 0 Å². The highest BCUT2D eigenvalue weighted by molar-refractivity contribution is 6.30. The molecule has 3 heteroatoms. The highest BCUT2D eigenvalue weighted by Crippen LogP contribution is 2.37. The number of benzene rings is 1. The van der Waals surface area contributed by atoms with E-state index in [0.29, 0.717) is 6.04 Å². The van der Waals surface area contributed by atoms with E-state index < -0.39 is 0 Å². The topological polar surface area (TPSA) is 21.3 Å². The van der Waals surface area contributed by atoms with Gasteiger partial charge >= 0.3 is 0 Å². The third kappa shape index (κ3) is 3.43. The maximum absolute atomic E-state index is 6.29. The minimum absolute atomic E-state index is 0.0358. The van der Waals surface area contributed by atoms with E-state index in [4.69, 9.17) is 16.3 Å². The van der Waals surface area contributed by atoms with Crippen LogP contribution in [0.5, 0.6) is 5.75 Å². The molecule has 0 saturated carbocycles. The van der Waals surface area contributed by atoms with Crippen molar-refractivity contribution in [3.05, 3.63) is 28.3 Å². The molecule has 0 amide bonds. The molecular formula is C16H24ClNO. The highest BCUT2D eigenvalue weighted by Gasteiger charge is 2.24. The maximum atomic E-state index is 6.29. The molecule has 1 saturated heterocycles. The molecule has 2 nitrogen and oxygen atoms in total. The second-order valence-corrected chi connectivity index (χ2v) is 6.83. The first kappa shape index (κ1) is 14.7. The van der Waals surface area contributed by atoms with Gasteiger partial charge in [-0.2, -0.15) is 0 Å². The Bertz CT molecular complexity index is 445. The Morgan fingerprint density at radius 2 is 2.11 bits per heavy atom. The summed E-state index contributed by atoms with van der Waals surface area (Å²) in [4.78, 5) is 0. The first-order valence-electron chi connectivity index (χ1n) is 7.02. The van der Waals surface area contributed by atoms with Crippen LogP contribution < -0.4 is 10.1 Å². The predicted molar refractivity (Wildman–Crippen MR) is 81.4 cm³/mol. The van der Waals surface area contributed by atoms with Crippen molar-refractivity contribution in [1.29, 1.82) is 0 Å². The van der Waals surface area contributed by atoms with Crippen LogP contribution in [0, 0.1) is 0 Å². The molecule has 1 fully saturated rings. The maximum Gasteiger partial charge on any atom is 0.125 e. The second kappa shape index (κ2) is 5.72. The van der Waals surface area contributed by atoms with Crippen LogP contribution in [0.3, 0.4) is 0 Å². The van der Waals surface area contributed by atoms with E-state index in [2.05, 4.69) is 32.2 Å². The summed E-state index contributed by atoms with van der Waals surface area (Å²) >= 11 is 6.29. The summed E-state index contributed by atoms with van der Waals surface area (Å²) in [5.74, 6) is 1.01. The van der Waals surface area contributed by atoms with Crippen molar-refractivity contribution in [2.75, 3.05) is 13.7 Å². The zero-order chi connectivity index (χ0) is 14.0. The van der Waals surface area contributed by atoms with Crippen molar-refractivity contribution < 1.29 is 4.74 Å². The largest absolute Gasteiger partial charge is 0.496 e. The van der Waals surface area contributed by atoms with Gasteiger partial charge in [-0.3, -0.25) is 0 Å². The standard InChI is InChI=1S/C16H24ClNO/c1-16(2,3)14-10-12(17)8-11(15(14)19-4)9-13-6-5-7-18-13/h8,10,13,18H,5-7,9H2,1-4H3. The molecule has 1 atom stereocenters. The van der Waals surface area contributed by atoms with Gasteiger partial charge in [0.1, 0.15) is 5.75 Å². The fourth-order valence-electron chi connectivity index (χ4n) is 2.80. The van der Waals surface area contributed by atoms with Crippen molar-refractivity contribution in [3.63, 3.8) is 0 Å². The minimum atomic E-state index is 0.0358. The summed E-state index contributed by atoms with van der Waals surface area (Å²) in [6.45, 7) is 7.70. The van der Waals surface area contributed by atoms with Crippen LogP contribution in [0.15, 0.2) is 12.1 Å². The van der Waals surface area contributed by atoms with Crippen molar-refractivity contribution >= 4 is 11.6 Å². The van der Waals surface area contributed by atoms with E-state index in [1.165, 1.54) is 24.0 Å². The van der Waals surface area contributed by atoms with E-state index in [0.717, 1.165) is 23.7 Å². The molecule has 1 aromatic rings. The monoisotopic (exact) mass is 281 g/mol. The Morgan fingerprint density at radius 1 is 1.37 bits per heavy atom. The van der Waals surface area contributed by atoms with Gasteiger partial charge in [0.15, 0.2) is 0 Å². The summed E-state index contributed by atoms with van der Waals surface area (Å²) in [5.41, 5.74) is 2.45. The quantitative estimate of drug-likeness (QED) is 0.906. The molecule has 1 aliphatic rings. The summed E-state index contributed by atoms with van der Waals surface area (Å²) in [6.07, 6.45) is 3.49. The molecule has 106 valence electrons. The molecule has 1 aliphatic heterocycles. The highest BCUT2D eigenvalue weighted by atomic mass is 35.5. The number of nitrogens with one attached hydrogen (secondary N) is 1. The van der Waals surface area contributed by atoms with Crippen LogP contribution in [-0.4, -0.2) is 19.7 Å². The van der Waals surface area contributed by atoms with Gasteiger partial charge in [0, 0.05) is 16.6 Å². The van der Waals surface area contributed by atoms with E-state index in [-0.39, 0.29) is 5.41 Å². The van der Waals surface area contributed by atoms with Crippen LogP contribution in [0.1, 0.15) is 44.7 Å². The Hall–Kier alpha value is -0.730. The van der Waals surface area contributed by atoms with Crippen LogP contribution in [0.4, 0.5) is 0 Å². The van der Waals surface area contributed by atoms with Gasteiger partial charge in [-0.25, -0.2) is 0 Å². The number of halogens is 1. The number of hydrogen-bond acceptors (Lipinski definition) is 2. The Morgan fingerprint density at radius 3 is 2.63 bits per heavy atom. The lowest BCUT2D eigenvalue weighted by atomic mass is 9.84. The van der Waals surface area contributed by atoms with Crippen LogP contribution in [-0.2, 0) is 11.8 Å². The molecule has 0 radical (unpaired) electrons. The molecule has 1 N–H and O–H groups in total. The lowest BCUT2D eigenvalue weighted by Crippen LogP contribution is -2.24. The van der Waals surface area contributed by atoms with Crippen LogP contribution in [0.25, 0.3) is 0 Å². The van der Waals surface area contributed by atoms with Gasteiger partial charge in [-0.15, -0.1) is 0 Å². The van der Waals surface area contributed by atoms with Gasteiger partial charge in [0.05, 0.1) is 7.11 Å². The third-order valence-corrected chi connectivity index (χ3v) is 3.99. The number of hydrogen-bond donors (Lipinski definition) is 1. The zero-order valence-corrected chi connectivity index (χ0v) is 13.1. The molecule has 1 heterocycles. The van der Waals surface area contributed by atoms with Gasteiger partial charge < -0.3 is 10.1 Å². The fraction of sp³-hybridized carbons (Fsp3) is 0.625. The zero-order valence-electron chi connectivity index (χ0n) is 12.3. The van der Waals surface area contributed by atoms with Crippen LogP contribution in [0.2, 0.25) is 5.02 Å². The lowest BCUT2D eigenvalue weighted by molar-refractivity contribution is 0.390. The summed E-state index contributed by atoms with van der Waals surface area (Å²) in [6, 6.07) is 4.64. The Balaban J connectivity index is 2.38. The first-order valence-corrected chi connectivity index (χ1v) is 7.40. The molecule has 1 unspecified atom stereocenters. The molecule has 0 aromatic heterocycles. The second-order valence-electron chi connectivity index (χ2n) is 6.39. The SMILES string of the molecule is COc1c(CC2CCCN2)cc(Cl)cc1C(C)(C)C. The summed E-state index contributed by atoms with van der Waals surface area (Å²) in [7, 11) is 1.75.